The lowest BCUT2D eigenvalue weighted by molar-refractivity contribution is -0.155. The maximum atomic E-state index is 16.4. The fourth-order valence-electron chi connectivity index (χ4n) is 14.2. The van der Waals surface area contributed by atoms with Gasteiger partial charge >= 0.3 is 12.4 Å². The molecule has 2 spiro atoms. The molecule has 0 N–H and O–H groups in total. The SMILES string of the molecule is CC(C)(C)C12C=C3Cc4cccc5c4OC4(C5)C(=O)C(=CC5(C(C)(C)C)ON(c6ccccc6)C(c6ccc(C(F)(F)F)cc6)C45)Cc4cccc5c4OC(C5)(C3=O)C1C(c1ccc(C(F)(F)F)cc1)N(c1ccccc1)O2. The van der Waals surface area contributed by atoms with Crippen molar-refractivity contribution in [1.29, 1.82) is 0 Å². The number of Topliss-reactive ketones (excluding diaryl/α,β-unsaturated/α-hetero) is 2. The van der Waals surface area contributed by atoms with Crippen molar-refractivity contribution in [3.8, 4) is 11.5 Å². The molecule has 6 bridgehead atoms. The lowest BCUT2D eigenvalue weighted by Crippen LogP contribution is -2.65. The average Bonchev–Trinajstić information content (AvgIpc) is 3.84. The molecule has 6 aromatic carbocycles. The number of ketones is 2. The van der Waals surface area contributed by atoms with Gasteiger partial charge in [-0.3, -0.25) is 19.3 Å². The quantitative estimate of drug-likeness (QED) is 0.162. The molecular weight excluding hydrogens is 1010 g/mol. The smallest absolute Gasteiger partial charge is 0.416 e. The van der Waals surface area contributed by atoms with Crippen molar-refractivity contribution in [3.63, 3.8) is 0 Å². The molecule has 78 heavy (non-hydrogen) atoms. The Labute approximate surface area is 448 Å². The molecule has 14 heteroatoms. The summed E-state index contributed by atoms with van der Waals surface area (Å²) in [4.78, 5) is 47.8. The average molecular weight is 1060 g/mol. The van der Waals surface area contributed by atoms with E-state index in [1.807, 2.05) is 151 Å². The molecule has 8 atom stereocenters. The molecule has 0 radical (unpaired) electrons. The summed E-state index contributed by atoms with van der Waals surface area (Å²) in [5.74, 6) is -1.54. The molecule has 2 aliphatic carbocycles. The van der Waals surface area contributed by atoms with E-state index in [0.717, 1.165) is 24.3 Å². The molecule has 0 aromatic heterocycles. The summed E-state index contributed by atoms with van der Waals surface area (Å²) in [5.41, 5.74) is -3.74. The molecular formula is C64H56F6N2O6. The van der Waals surface area contributed by atoms with Crippen LogP contribution in [0.25, 0.3) is 0 Å². The van der Waals surface area contributed by atoms with Crippen LogP contribution in [0.2, 0.25) is 0 Å². The Morgan fingerprint density at radius 3 is 1.13 bits per heavy atom. The number of hydrogen-bond donors (Lipinski definition) is 0. The number of hydroxylamine groups is 2. The first-order valence-corrected chi connectivity index (χ1v) is 26.4. The van der Waals surface area contributed by atoms with E-state index in [0.29, 0.717) is 67.4 Å². The summed E-state index contributed by atoms with van der Waals surface area (Å²) in [6, 6.07) is 38.4. The van der Waals surface area contributed by atoms with E-state index in [1.165, 1.54) is 24.3 Å². The van der Waals surface area contributed by atoms with Gasteiger partial charge in [-0.25, -0.2) is 10.1 Å². The van der Waals surface area contributed by atoms with Crippen LogP contribution in [0, 0.1) is 22.7 Å². The van der Waals surface area contributed by atoms with Crippen LogP contribution in [-0.2, 0) is 57.3 Å². The first kappa shape index (κ1) is 50.4. The van der Waals surface area contributed by atoms with Gasteiger partial charge in [-0.15, -0.1) is 0 Å². The summed E-state index contributed by atoms with van der Waals surface area (Å²) in [6.07, 6.45) is -5.20. The van der Waals surface area contributed by atoms with Crippen molar-refractivity contribution >= 4 is 22.9 Å². The molecule has 5 heterocycles. The number of alkyl halides is 6. The molecule has 2 saturated heterocycles. The van der Waals surface area contributed by atoms with Crippen molar-refractivity contribution < 1.29 is 55.1 Å². The highest BCUT2D eigenvalue weighted by molar-refractivity contribution is 6.07. The zero-order valence-electron chi connectivity index (χ0n) is 43.8. The molecule has 0 amide bonds. The molecule has 6 aromatic rings. The molecule has 5 aliphatic heterocycles. The number of halogens is 6. The Morgan fingerprint density at radius 2 is 0.795 bits per heavy atom. The van der Waals surface area contributed by atoms with Gasteiger partial charge in [0.05, 0.1) is 46.4 Å². The third-order valence-electron chi connectivity index (χ3n) is 17.8. The van der Waals surface area contributed by atoms with Crippen LogP contribution in [0.3, 0.4) is 0 Å². The predicted molar refractivity (Wildman–Crippen MR) is 280 cm³/mol. The number of rotatable bonds is 4. The summed E-state index contributed by atoms with van der Waals surface area (Å²) in [7, 11) is 0. The third kappa shape index (κ3) is 7.13. The van der Waals surface area contributed by atoms with Gasteiger partial charge < -0.3 is 9.47 Å². The number of fused-ring (bicyclic) bond motifs is 4. The fourth-order valence-corrected chi connectivity index (χ4v) is 14.2. The van der Waals surface area contributed by atoms with E-state index in [1.54, 1.807) is 10.1 Å². The van der Waals surface area contributed by atoms with E-state index in [2.05, 4.69) is 0 Å². The summed E-state index contributed by atoms with van der Waals surface area (Å²) >= 11 is 0. The lowest BCUT2D eigenvalue weighted by atomic mass is 9.55. The minimum absolute atomic E-state index is 0.0114. The van der Waals surface area contributed by atoms with Gasteiger partial charge in [0.1, 0.15) is 22.7 Å². The fraction of sp³-hybridized carbons (Fsp3) is 0.344. The monoisotopic (exact) mass is 1060 g/mol. The van der Waals surface area contributed by atoms with Crippen molar-refractivity contribution in [1.82, 2.24) is 0 Å². The van der Waals surface area contributed by atoms with Crippen LogP contribution in [0.1, 0.15) is 98.1 Å². The summed E-state index contributed by atoms with van der Waals surface area (Å²) in [6.45, 7) is 12.2. The number of carbonyl (C=O) groups excluding carboxylic acids is 2. The second kappa shape index (κ2) is 16.7. The van der Waals surface area contributed by atoms with E-state index in [-0.39, 0.29) is 37.2 Å². The van der Waals surface area contributed by atoms with Crippen LogP contribution in [0.15, 0.2) is 169 Å². The van der Waals surface area contributed by atoms with Crippen LogP contribution < -0.4 is 19.6 Å². The Balaban J connectivity index is 1.06. The Bertz CT molecular complexity index is 3280. The topological polar surface area (TPSA) is 77.5 Å². The molecule has 7 aliphatic rings. The van der Waals surface area contributed by atoms with Crippen molar-refractivity contribution in [2.24, 2.45) is 22.7 Å². The molecule has 2 fully saturated rings. The van der Waals surface area contributed by atoms with Gasteiger partial charge in [0.25, 0.3) is 0 Å². The number of anilines is 2. The van der Waals surface area contributed by atoms with Gasteiger partial charge in [0.15, 0.2) is 11.2 Å². The van der Waals surface area contributed by atoms with Crippen LogP contribution in [0.4, 0.5) is 37.7 Å². The number of nitrogens with zero attached hydrogens (tertiary/aromatic N) is 2. The third-order valence-corrected chi connectivity index (χ3v) is 17.8. The Morgan fingerprint density at radius 1 is 0.449 bits per heavy atom. The van der Waals surface area contributed by atoms with E-state index >= 15 is 9.59 Å². The first-order chi connectivity index (χ1) is 36.9. The number of ether oxygens (including phenoxy) is 2. The van der Waals surface area contributed by atoms with E-state index in [9.17, 15) is 26.3 Å². The number of hydrogen-bond acceptors (Lipinski definition) is 8. The van der Waals surface area contributed by atoms with Gasteiger partial charge in [-0.05, 0) is 105 Å². The number of carbonyl (C=O) groups is 2. The first-order valence-electron chi connectivity index (χ1n) is 26.4. The molecule has 8 unspecified atom stereocenters. The van der Waals surface area contributed by atoms with Crippen molar-refractivity contribution in [2.75, 3.05) is 10.1 Å². The largest absolute Gasteiger partial charge is 0.478 e. The van der Waals surface area contributed by atoms with Gasteiger partial charge in [-0.2, -0.15) is 26.3 Å². The number of para-hydroxylation sites is 4. The molecule has 8 nitrogen and oxygen atoms in total. The molecule has 0 saturated carbocycles. The zero-order chi connectivity index (χ0) is 54.7. The van der Waals surface area contributed by atoms with Crippen LogP contribution in [-0.4, -0.2) is 34.0 Å². The molecule has 13 rings (SSSR count). The minimum Gasteiger partial charge on any atom is -0.478 e. The standard InChI is InChI=1S/C64H56F6N2O6/c1-57(2,3)61-35-43-31-39-15-13-18-42-34-60(76-52(39)42)54-50(38-25-29-46(30-26-38)64(68,69)70)72(48-21-11-8-12-22-48)78-62(54,58(4,5)6)36-44(56(60)74)32-40-16-14-17-41-33-59(55(43)73,75-51(40)41)53(61)49(71(77-61)47-19-9-7-10-20-47)37-23-27-45(28-24-37)63(65,66)67/h7-30,35-36,49-50,53-54H,31-34H2,1-6H3. The van der Waals surface area contributed by atoms with E-state index in [4.69, 9.17) is 19.1 Å². The predicted octanol–water partition coefficient (Wildman–Crippen LogP) is 14.1. The normalized spacial score (nSPS) is 29.0. The lowest BCUT2D eigenvalue weighted by Gasteiger charge is -2.51. The highest BCUT2D eigenvalue weighted by Crippen LogP contribution is 2.67. The second-order valence-electron chi connectivity index (χ2n) is 24.2. The van der Waals surface area contributed by atoms with Crippen molar-refractivity contribution in [3.05, 3.63) is 213 Å². The summed E-state index contributed by atoms with van der Waals surface area (Å²) in [5, 5.41) is 3.48. The highest BCUT2D eigenvalue weighted by atomic mass is 19.4. The van der Waals surface area contributed by atoms with Crippen LogP contribution >= 0.6 is 0 Å². The highest BCUT2D eigenvalue weighted by Gasteiger charge is 2.75. The van der Waals surface area contributed by atoms with Gasteiger partial charge in [0.2, 0.25) is 11.6 Å². The maximum Gasteiger partial charge on any atom is 0.416 e. The second-order valence-corrected chi connectivity index (χ2v) is 24.2. The Hall–Kier alpha value is -7.16. The molecule has 400 valence electrons. The zero-order valence-corrected chi connectivity index (χ0v) is 43.8. The van der Waals surface area contributed by atoms with Gasteiger partial charge in [-0.1, -0.05) is 139 Å². The Kier molecular flexibility index (Phi) is 10.8. The van der Waals surface area contributed by atoms with E-state index < -0.39 is 80.6 Å². The summed E-state index contributed by atoms with van der Waals surface area (Å²) < 4.78 is 101. The minimum atomic E-state index is -4.60. The number of benzene rings is 6. The van der Waals surface area contributed by atoms with Crippen LogP contribution in [0.5, 0.6) is 11.5 Å². The van der Waals surface area contributed by atoms with Crippen molar-refractivity contribution in [2.45, 2.75) is 114 Å². The maximum absolute atomic E-state index is 16.4. The van der Waals surface area contributed by atoms with Gasteiger partial charge in [0, 0.05) is 36.8 Å².